The van der Waals surface area contributed by atoms with Gasteiger partial charge in [-0.1, -0.05) is 12.8 Å². The molecule has 0 aromatic carbocycles. The van der Waals surface area contributed by atoms with E-state index in [1.54, 1.807) is 0 Å². The third kappa shape index (κ3) is 1.95. The van der Waals surface area contributed by atoms with Crippen LogP contribution in [-0.4, -0.2) is 12.0 Å². The molecule has 1 atom stereocenters. The molecule has 1 aromatic rings. The molecule has 0 saturated heterocycles. The number of nitrogens with zero attached hydrogens (tertiary/aromatic N) is 1. The summed E-state index contributed by atoms with van der Waals surface area (Å²) in [4.78, 5) is 4.06. The normalized spacial score (nSPS) is 19.8. The lowest BCUT2D eigenvalue weighted by Gasteiger charge is -2.23. The molecule has 0 amide bonds. The molecule has 1 N–H and O–H groups in total. The Morgan fingerprint density at radius 2 is 1.93 bits per heavy atom. The van der Waals surface area contributed by atoms with Crippen LogP contribution < -0.4 is 5.32 Å². The lowest BCUT2D eigenvalue weighted by Crippen LogP contribution is -2.23. The second-order valence-electron chi connectivity index (χ2n) is 4.09. The second kappa shape index (κ2) is 4.56. The molecule has 2 heteroatoms. The van der Waals surface area contributed by atoms with Crippen molar-refractivity contribution in [2.24, 2.45) is 5.92 Å². The van der Waals surface area contributed by atoms with Gasteiger partial charge in [-0.15, -0.1) is 0 Å². The van der Waals surface area contributed by atoms with E-state index in [0.717, 1.165) is 5.92 Å². The molecule has 0 spiro atoms. The third-order valence-corrected chi connectivity index (χ3v) is 3.25. The summed E-state index contributed by atoms with van der Waals surface area (Å²) in [5.74, 6) is 0.822. The van der Waals surface area contributed by atoms with Crippen LogP contribution in [-0.2, 0) is 0 Å². The van der Waals surface area contributed by atoms with E-state index in [2.05, 4.69) is 29.5 Å². The van der Waals surface area contributed by atoms with Gasteiger partial charge in [0, 0.05) is 18.4 Å². The lowest BCUT2D eigenvalue weighted by atomic mass is 9.92. The first kappa shape index (κ1) is 9.66. The second-order valence-corrected chi connectivity index (χ2v) is 4.09. The van der Waals surface area contributed by atoms with Gasteiger partial charge in [0.2, 0.25) is 0 Å². The van der Waals surface area contributed by atoms with Gasteiger partial charge in [0.05, 0.1) is 0 Å². The van der Waals surface area contributed by atoms with Crippen LogP contribution in [0, 0.1) is 5.92 Å². The molecule has 1 unspecified atom stereocenters. The van der Waals surface area contributed by atoms with Crippen LogP contribution in [0.2, 0.25) is 0 Å². The third-order valence-electron chi connectivity index (χ3n) is 3.25. The summed E-state index contributed by atoms with van der Waals surface area (Å²) in [5, 5.41) is 3.43. The summed E-state index contributed by atoms with van der Waals surface area (Å²) >= 11 is 0. The van der Waals surface area contributed by atoms with Crippen LogP contribution in [0.1, 0.15) is 37.3 Å². The molecule has 1 heterocycles. The van der Waals surface area contributed by atoms with Crippen LogP contribution >= 0.6 is 0 Å². The lowest BCUT2D eigenvalue weighted by molar-refractivity contribution is 0.390. The SMILES string of the molecule is CNC(c1ccncc1)C1CCCC1. The summed E-state index contributed by atoms with van der Waals surface area (Å²) in [6.45, 7) is 0. The monoisotopic (exact) mass is 190 g/mol. The fourth-order valence-corrected chi connectivity index (χ4v) is 2.54. The van der Waals surface area contributed by atoms with E-state index >= 15 is 0 Å². The minimum atomic E-state index is 0.528. The van der Waals surface area contributed by atoms with Crippen molar-refractivity contribution < 1.29 is 0 Å². The quantitative estimate of drug-likeness (QED) is 0.792. The van der Waals surface area contributed by atoms with Crippen molar-refractivity contribution in [3.05, 3.63) is 30.1 Å². The fraction of sp³-hybridized carbons (Fsp3) is 0.583. The maximum atomic E-state index is 4.06. The van der Waals surface area contributed by atoms with Gasteiger partial charge in [-0.05, 0) is 43.5 Å². The molecule has 1 saturated carbocycles. The van der Waals surface area contributed by atoms with E-state index in [0.29, 0.717) is 6.04 Å². The molecular formula is C12H18N2. The predicted octanol–water partition coefficient (Wildman–Crippen LogP) is 2.53. The average Bonchev–Trinajstić information content (AvgIpc) is 2.74. The topological polar surface area (TPSA) is 24.9 Å². The number of pyridine rings is 1. The maximum Gasteiger partial charge on any atom is 0.0347 e. The van der Waals surface area contributed by atoms with E-state index in [4.69, 9.17) is 0 Å². The first-order valence-electron chi connectivity index (χ1n) is 5.49. The van der Waals surface area contributed by atoms with E-state index in [9.17, 15) is 0 Å². The molecule has 14 heavy (non-hydrogen) atoms. The molecule has 1 aromatic heterocycles. The number of rotatable bonds is 3. The van der Waals surface area contributed by atoms with Crippen LogP contribution in [0.4, 0.5) is 0 Å². The Bertz CT molecular complexity index is 265. The van der Waals surface area contributed by atoms with Crippen molar-refractivity contribution >= 4 is 0 Å². The summed E-state index contributed by atoms with van der Waals surface area (Å²) in [6.07, 6.45) is 9.30. The highest BCUT2D eigenvalue weighted by Gasteiger charge is 2.24. The molecule has 1 aliphatic carbocycles. The minimum Gasteiger partial charge on any atom is -0.313 e. The zero-order valence-corrected chi connectivity index (χ0v) is 8.74. The molecule has 2 rings (SSSR count). The largest absolute Gasteiger partial charge is 0.313 e. The van der Waals surface area contributed by atoms with Crippen LogP contribution in [0.3, 0.4) is 0 Å². The molecule has 0 aliphatic heterocycles. The van der Waals surface area contributed by atoms with Gasteiger partial charge in [0.15, 0.2) is 0 Å². The van der Waals surface area contributed by atoms with E-state index < -0.39 is 0 Å². The van der Waals surface area contributed by atoms with Gasteiger partial charge >= 0.3 is 0 Å². The van der Waals surface area contributed by atoms with Crippen molar-refractivity contribution in [3.8, 4) is 0 Å². The highest BCUT2D eigenvalue weighted by atomic mass is 14.9. The van der Waals surface area contributed by atoms with Gasteiger partial charge in [-0.3, -0.25) is 4.98 Å². The van der Waals surface area contributed by atoms with Gasteiger partial charge in [-0.2, -0.15) is 0 Å². The molecule has 0 bridgehead atoms. The van der Waals surface area contributed by atoms with Crippen LogP contribution in [0.25, 0.3) is 0 Å². The van der Waals surface area contributed by atoms with Crippen molar-refractivity contribution in [1.29, 1.82) is 0 Å². The van der Waals surface area contributed by atoms with Crippen molar-refractivity contribution in [2.75, 3.05) is 7.05 Å². The Hall–Kier alpha value is -0.890. The van der Waals surface area contributed by atoms with E-state index in [1.165, 1.54) is 31.2 Å². The maximum absolute atomic E-state index is 4.06. The summed E-state index contributed by atoms with van der Waals surface area (Å²) in [5.41, 5.74) is 1.38. The fourth-order valence-electron chi connectivity index (χ4n) is 2.54. The standard InChI is InChI=1S/C12H18N2/c1-13-12(10-4-2-3-5-10)11-6-8-14-9-7-11/h6-10,12-13H,2-5H2,1H3. The number of hydrogen-bond acceptors (Lipinski definition) is 2. The zero-order valence-electron chi connectivity index (χ0n) is 8.74. The number of hydrogen-bond donors (Lipinski definition) is 1. The molecular weight excluding hydrogens is 172 g/mol. The summed E-state index contributed by atoms with van der Waals surface area (Å²) in [6, 6.07) is 4.78. The van der Waals surface area contributed by atoms with Gasteiger partial charge in [-0.25, -0.2) is 0 Å². The first-order valence-corrected chi connectivity index (χ1v) is 5.49. The Kier molecular flexibility index (Phi) is 3.14. The van der Waals surface area contributed by atoms with Crippen molar-refractivity contribution in [2.45, 2.75) is 31.7 Å². The Morgan fingerprint density at radius 1 is 1.29 bits per heavy atom. The van der Waals surface area contributed by atoms with Crippen molar-refractivity contribution in [3.63, 3.8) is 0 Å². The smallest absolute Gasteiger partial charge is 0.0347 e. The Labute approximate surface area is 85.7 Å². The number of aromatic nitrogens is 1. The molecule has 76 valence electrons. The minimum absolute atomic E-state index is 0.528. The highest BCUT2D eigenvalue weighted by molar-refractivity contribution is 5.16. The van der Waals surface area contributed by atoms with Gasteiger partial charge in [0.25, 0.3) is 0 Å². The summed E-state index contributed by atoms with van der Waals surface area (Å²) < 4.78 is 0. The zero-order chi connectivity index (χ0) is 9.80. The van der Waals surface area contributed by atoms with Crippen molar-refractivity contribution in [1.82, 2.24) is 10.3 Å². The number of nitrogens with one attached hydrogen (secondary N) is 1. The first-order chi connectivity index (χ1) is 6.92. The van der Waals surface area contributed by atoms with E-state index in [-0.39, 0.29) is 0 Å². The molecule has 0 radical (unpaired) electrons. The average molecular weight is 190 g/mol. The van der Waals surface area contributed by atoms with Gasteiger partial charge in [0.1, 0.15) is 0 Å². The Morgan fingerprint density at radius 3 is 2.50 bits per heavy atom. The summed E-state index contributed by atoms with van der Waals surface area (Å²) in [7, 11) is 2.06. The highest BCUT2D eigenvalue weighted by Crippen LogP contribution is 2.35. The van der Waals surface area contributed by atoms with Gasteiger partial charge < -0.3 is 5.32 Å². The van der Waals surface area contributed by atoms with Crippen LogP contribution in [0.15, 0.2) is 24.5 Å². The molecule has 1 fully saturated rings. The van der Waals surface area contributed by atoms with Crippen LogP contribution in [0.5, 0.6) is 0 Å². The molecule has 1 aliphatic rings. The molecule has 2 nitrogen and oxygen atoms in total. The Balaban J connectivity index is 2.12. The van der Waals surface area contributed by atoms with E-state index in [1.807, 2.05) is 12.4 Å². The predicted molar refractivity (Wildman–Crippen MR) is 58.0 cm³/mol.